The number of nitrogens with one attached hydrogen (secondary N) is 1. The Morgan fingerprint density at radius 3 is 3.00 bits per heavy atom. The molecule has 0 aliphatic carbocycles. The molecule has 5 nitrogen and oxygen atoms in total. The van der Waals surface area contributed by atoms with E-state index in [9.17, 15) is 4.79 Å². The van der Waals surface area contributed by atoms with Crippen LogP contribution in [-0.2, 0) is 4.79 Å². The highest BCUT2D eigenvalue weighted by Gasteiger charge is 2.11. The lowest BCUT2D eigenvalue weighted by atomic mass is 10.1. The van der Waals surface area contributed by atoms with Crippen molar-refractivity contribution in [1.82, 2.24) is 19.9 Å². The molecule has 0 aliphatic heterocycles. The average Bonchev–Trinajstić information content (AvgIpc) is 2.73. The molecule has 0 radical (unpaired) electrons. The Kier molecular flexibility index (Phi) is 3.19. The van der Waals surface area contributed by atoms with Gasteiger partial charge < -0.3 is 4.98 Å². The van der Waals surface area contributed by atoms with Crippen molar-refractivity contribution in [2.75, 3.05) is 5.75 Å². The third kappa shape index (κ3) is 2.21. The van der Waals surface area contributed by atoms with Gasteiger partial charge in [-0.2, -0.15) is 0 Å². The summed E-state index contributed by atoms with van der Waals surface area (Å²) in [4.78, 5) is 26.7. The summed E-state index contributed by atoms with van der Waals surface area (Å²) in [5.74, 6) is 0.714. The van der Waals surface area contributed by atoms with Gasteiger partial charge in [0.15, 0.2) is 5.65 Å². The fourth-order valence-corrected chi connectivity index (χ4v) is 2.19. The van der Waals surface area contributed by atoms with Crippen LogP contribution in [0, 0.1) is 5.92 Å². The van der Waals surface area contributed by atoms with Crippen molar-refractivity contribution in [2.45, 2.75) is 18.9 Å². The van der Waals surface area contributed by atoms with E-state index in [2.05, 4.69) is 19.9 Å². The number of aromatic nitrogens is 4. The molecular weight excluding hydrogens is 224 g/mol. The Bertz CT molecular complexity index is 508. The summed E-state index contributed by atoms with van der Waals surface area (Å²) in [5, 5.41) is 0.775. The second-order valence-corrected chi connectivity index (χ2v) is 4.65. The van der Waals surface area contributed by atoms with Crippen LogP contribution in [0.5, 0.6) is 0 Å². The Balaban J connectivity index is 2.15. The van der Waals surface area contributed by atoms with E-state index in [0.29, 0.717) is 11.4 Å². The standard InChI is InChI=1S/C10H12N4OS/c1-6(2)7(15)3-16-10-8-9(12-4-11-8)13-5-14-10/h4-6H,3H2,1-2H3,(H,11,12,13,14). The number of fused-ring (bicyclic) bond motifs is 1. The first-order chi connectivity index (χ1) is 7.68. The summed E-state index contributed by atoms with van der Waals surface area (Å²) in [5.41, 5.74) is 1.43. The van der Waals surface area contributed by atoms with Crippen LogP contribution in [0.4, 0.5) is 0 Å². The SMILES string of the molecule is CC(C)C(=O)CSc1ncnc2nc[nH]c12. The Morgan fingerprint density at radius 1 is 1.44 bits per heavy atom. The van der Waals surface area contributed by atoms with E-state index in [4.69, 9.17) is 0 Å². The number of carbonyl (C=O) groups excluding carboxylic acids is 1. The predicted octanol–water partition coefficient (Wildman–Crippen LogP) is 1.67. The fourth-order valence-electron chi connectivity index (χ4n) is 1.16. The van der Waals surface area contributed by atoms with Gasteiger partial charge >= 0.3 is 0 Å². The molecule has 0 saturated heterocycles. The topological polar surface area (TPSA) is 71.5 Å². The predicted molar refractivity (Wildman–Crippen MR) is 62.3 cm³/mol. The molecular formula is C10H12N4OS. The molecule has 0 bridgehead atoms. The first kappa shape index (κ1) is 11.1. The number of Topliss-reactive ketones (excluding diaryl/α,β-unsaturated/α-hetero) is 1. The van der Waals surface area contributed by atoms with E-state index in [-0.39, 0.29) is 11.7 Å². The highest BCUT2D eigenvalue weighted by Crippen LogP contribution is 2.22. The van der Waals surface area contributed by atoms with Gasteiger partial charge in [0.1, 0.15) is 22.7 Å². The molecule has 0 atom stereocenters. The highest BCUT2D eigenvalue weighted by molar-refractivity contribution is 8.00. The van der Waals surface area contributed by atoms with E-state index in [1.165, 1.54) is 18.1 Å². The van der Waals surface area contributed by atoms with Crippen LogP contribution in [0.25, 0.3) is 11.2 Å². The molecule has 0 aromatic carbocycles. The molecule has 0 saturated carbocycles. The van der Waals surface area contributed by atoms with Crippen LogP contribution >= 0.6 is 11.8 Å². The summed E-state index contributed by atoms with van der Waals surface area (Å²) < 4.78 is 0. The molecule has 84 valence electrons. The van der Waals surface area contributed by atoms with Crippen molar-refractivity contribution >= 4 is 28.7 Å². The molecule has 0 aliphatic rings. The summed E-state index contributed by atoms with van der Waals surface area (Å²) in [6.07, 6.45) is 3.04. The van der Waals surface area contributed by atoms with Crippen molar-refractivity contribution in [3.63, 3.8) is 0 Å². The van der Waals surface area contributed by atoms with E-state index < -0.39 is 0 Å². The number of ketones is 1. The molecule has 0 amide bonds. The van der Waals surface area contributed by atoms with Crippen LogP contribution in [0.2, 0.25) is 0 Å². The zero-order valence-corrected chi connectivity index (χ0v) is 9.91. The average molecular weight is 236 g/mol. The Hall–Kier alpha value is -1.43. The lowest BCUT2D eigenvalue weighted by molar-refractivity contribution is -0.119. The maximum atomic E-state index is 11.5. The zero-order chi connectivity index (χ0) is 11.5. The number of H-pyrrole nitrogens is 1. The minimum absolute atomic E-state index is 0.0617. The number of hydrogen-bond acceptors (Lipinski definition) is 5. The van der Waals surface area contributed by atoms with E-state index in [0.717, 1.165) is 10.5 Å². The van der Waals surface area contributed by atoms with Crippen LogP contribution in [-0.4, -0.2) is 31.5 Å². The molecule has 0 unspecified atom stereocenters. The second kappa shape index (κ2) is 4.61. The van der Waals surface area contributed by atoms with Gasteiger partial charge in [0, 0.05) is 5.92 Å². The molecule has 1 N–H and O–H groups in total. The van der Waals surface area contributed by atoms with E-state index in [1.54, 1.807) is 6.33 Å². The van der Waals surface area contributed by atoms with Gasteiger partial charge in [0.05, 0.1) is 12.1 Å². The maximum Gasteiger partial charge on any atom is 0.181 e. The van der Waals surface area contributed by atoms with Crippen LogP contribution in [0.15, 0.2) is 17.7 Å². The molecule has 16 heavy (non-hydrogen) atoms. The minimum Gasteiger partial charge on any atom is -0.341 e. The first-order valence-corrected chi connectivity index (χ1v) is 5.96. The summed E-state index contributed by atoms with van der Waals surface area (Å²) in [6, 6.07) is 0. The van der Waals surface area contributed by atoms with Crippen molar-refractivity contribution in [1.29, 1.82) is 0 Å². The maximum absolute atomic E-state index is 11.5. The number of nitrogens with zero attached hydrogens (tertiary/aromatic N) is 3. The van der Waals surface area contributed by atoms with Crippen LogP contribution in [0.1, 0.15) is 13.8 Å². The fraction of sp³-hybridized carbons (Fsp3) is 0.400. The molecule has 0 spiro atoms. The second-order valence-electron chi connectivity index (χ2n) is 3.69. The third-order valence-electron chi connectivity index (χ3n) is 2.18. The van der Waals surface area contributed by atoms with Crippen LogP contribution in [0.3, 0.4) is 0 Å². The van der Waals surface area contributed by atoms with Gasteiger partial charge in [-0.05, 0) is 0 Å². The number of carbonyl (C=O) groups is 1. The van der Waals surface area contributed by atoms with Gasteiger partial charge in [-0.15, -0.1) is 0 Å². The Morgan fingerprint density at radius 2 is 2.25 bits per heavy atom. The van der Waals surface area contributed by atoms with E-state index >= 15 is 0 Å². The molecule has 2 rings (SSSR count). The third-order valence-corrected chi connectivity index (χ3v) is 3.20. The highest BCUT2D eigenvalue weighted by atomic mass is 32.2. The van der Waals surface area contributed by atoms with Gasteiger partial charge in [0.25, 0.3) is 0 Å². The van der Waals surface area contributed by atoms with Gasteiger partial charge in [-0.3, -0.25) is 4.79 Å². The van der Waals surface area contributed by atoms with Gasteiger partial charge in [-0.25, -0.2) is 15.0 Å². The van der Waals surface area contributed by atoms with Crippen molar-refractivity contribution in [2.24, 2.45) is 5.92 Å². The molecule has 0 fully saturated rings. The monoisotopic (exact) mass is 236 g/mol. The number of hydrogen-bond donors (Lipinski definition) is 1. The van der Waals surface area contributed by atoms with Gasteiger partial charge in [0.2, 0.25) is 0 Å². The molecule has 2 aromatic heterocycles. The van der Waals surface area contributed by atoms with Gasteiger partial charge in [-0.1, -0.05) is 25.6 Å². The van der Waals surface area contributed by atoms with E-state index in [1.807, 2.05) is 13.8 Å². The van der Waals surface area contributed by atoms with Crippen molar-refractivity contribution in [3.05, 3.63) is 12.7 Å². The number of rotatable bonds is 4. The number of aromatic amines is 1. The van der Waals surface area contributed by atoms with Crippen molar-refractivity contribution < 1.29 is 4.79 Å². The number of imidazole rings is 1. The molecule has 6 heteroatoms. The molecule has 2 aromatic rings. The van der Waals surface area contributed by atoms with Crippen LogP contribution < -0.4 is 0 Å². The summed E-state index contributed by atoms with van der Waals surface area (Å²) in [7, 11) is 0. The largest absolute Gasteiger partial charge is 0.341 e. The Labute approximate surface area is 97.1 Å². The molecule has 2 heterocycles. The first-order valence-electron chi connectivity index (χ1n) is 4.98. The summed E-state index contributed by atoms with van der Waals surface area (Å²) >= 11 is 1.42. The lowest BCUT2D eigenvalue weighted by Gasteiger charge is -2.03. The summed E-state index contributed by atoms with van der Waals surface area (Å²) in [6.45, 7) is 3.79. The minimum atomic E-state index is 0.0617. The quantitative estimate of drug-likeness (QED) is 0.645. The normalized spacial score (nSPS) is 11.2. The van der Waals surface area contributed by atoms with Crippen molar-refractivity contribution in [3.8, 4) is 0 Å². The number of thioether (sulfide) groups is 1. The zero-order valence-electron chi connectivity index (χ0n) is 9.10. The smallest absolute Gasteiger partial charge is 0.181 e. The lowest BCUT2D eigenvalue weighted by Crippen LogP contribution is -2.09.